The number of carbonyl (C=O) groups excluding carboxylic acids is 3. The van der Waals surface area contributed by atoms with Crippen LogP contribution < -0.4 is 10.6 Å². The highest BCUT2D eigenvalue weighted by molar-refractivity contribution is 5.92. The number of hydrogen-bond acceptors (Lipinski definition) is 5. The average Bonchev–Trinajstić information content (AvgIpc) is 2.65. The van der Waals surface area contributed by atoms with Gasteiger partial charge in [0.2, 0.25) is 11.8 Å². The monoisotopic (exact) mass is 407 g/mol. The zero-order valence-electron chi connectivity index (χ0n) is 17.9. The average molecular weight is 408 g/mol. The summed E-state index contributed by atoms with van der Waals surface area (Å²) in [4.78, 5) is 39.0. The first kappa shape index (κ1) is 24.4. The lowest BCUT2D eigenvalue weighted by Gasteiger charge is -2.31. The molecule has 0 aliphatic rings. The molecule has 1 aromatic rings. The van der Waals surface area contributed by atoms with E-state index in [1.165, 1.54) is 11.9 Å². The number of aliphatic hydroxyl groups excluding tert-OH is 1. The molecule has 8 heteroatoms. The number of ether oxygens (including phenoxy) is 1. The molecule has 0 bridgehead atoms. The molecule has 3 N–H and O–H groups in total. The number of amides is 3. The van der Waals surface area contributed by atoms with E-state index in [-0.39, 0.29) is 5.91 Å². The molecule has 0 saturated carbocycles. The Morgan fingerprint density at radius 2 is 1.79 bits per heavy atom. The van der Waals surface area contributed by atoms with Gasteiger partial charge in [0.25, 0.3) is 0 Å². The lowest BCUT2D eigenvalue weighted by Crippen LogP contribution is -2.53. The molecular formula is C21H33N3O5. The van der Waals surface area contributed by atoms with Crippen molar-refractivity contribution in [3.8, 4) is 0 Å². The normalized spacial score (nSPS) is 13.2. The van der Waals surface area contributed by atoms with Crippen molar-refractivity contribution in [2.24, 2.45) is 0 Å². The van der Waals surface area contributed by atoms with E-state index in [1.807, 2.05) is 13.0 Å². The van der Waals surface area contributed by atoms with Crippen molar-refractivity contribution < 1.29 is 24.2 Å². The van der Waals surface area contributed by atoms with Crippen LogP contribution in [0.1, 0.15) is 52.1 Å². The summed E-state index contributed by atoms with van der Waals surface area (Å²) in [5, 5.41) is 14.8. The van der Waals surface area contributed by atoms with Crippen LogP contribution in [-0.2, 0) is 14.3 Å². The summed E-state index contributed by atoms with van der Waals surface area (Å²) in [5.74, 6) is -0.924. The molecule has 0 fully saturated rings. The zero-order valence-corrected chi connectivity index (χ0v) is 17.9. The third-order valence-corrected chi connectivity index (χ3v) is 4.10. The van der Waals surface area contributed by atoms with Crippen LogP contribution in [0.5, 0.6) is 0 Å². The molecule has 0 saturated heterocycles. The van der Waals surface area contributed by atoms with Crippen molar-refractivity contribution in [2.75, 3.05) is 20.2 Å². The second kappa shape index (κ2) is 11.4. The highest BCUT2D eigenvalue weighted by Crippen LogP contribution is 2.20. The number of aliphatic hydroxyl groups is 1. The first-order valence-electron chi connectivity index (χ1n) is 9.80. The molecule has 0 heterocycles. The molecule has 162 valence electrons. The van der Waals surface area contributed by atoms with Gasteiger partial charge >= 0.3 is 6.09 Å². The number of likely N-dealkylation sites (N-methyl/N-ethyl adjacent to an activating group) is 1. The summed E-state index contributed by atoms with van der Waals surface area (Å²) in [6, 6.07) is 6.76. The number of rotatable bonds is 9. The Labute approximate surface area is 172 Å². The van der Waals surface area contributed by atoms with Crippen LogP contribution >= 0.6 is 0 Å². The first-order chi connectivity index (χ1) is 13.6. The van der Waals surface area contributed by atoms with E-state index in [0.29, 0.717) is 12.1 Å². The molecule has 0 aliphatic heterocycles. The highest BCUT2D eigenvalue weighted by atomic mass is 16.6. The van der Waals surface area contributed by atoms with Gasteiger partial charge in [-0.3, -0.25) is 9.59 Å². The molecule has 0 aliphatic carbocycles. The third kappa shape index (κ3) is 8.11. The van der Waals surface area contributed by atoms with Gasteiger partial charge in [-0.2, -0.15) is 0 Å². The second-order valence-electron chi connectivity index (χ2n) is 7.79. The molecule has 1 aromatic carbocycles. The Kier molecular flexibility index (Phi) is 9.61. The van der Waals surface area contributed by atoms with Crippen LogP contribution in [0.4, 0.5) is 4.79 Å². The van der Waals surface area contributed by atoms with Gasteiger partial charge in [-0.05, 0) is 32.8 Å². The highest BCUT2D eigenvalue weighted by Gasteiger charge is 2.33. The minimum Gasteiger partial charge on any atom is -0.444 e. The quantitative estimate of drug-likeness (QED) is 0.543. The summed E-state index contributed by atoms with van der Waals surface area (Å²) >= 11 is 0. The number of carbonyl (C=O) groups is 3. The van der Waals surface area contributed by atoms with Crippen LogP contribution in [0.15, 0.2) is 30.3 Å². The fourth-order valence-corrected chi connectivity index (χ4v) is 2.68. The molecule has 0 spiro atoms. The number of nitrogens with one attached hydrogen (secondary N) is 2. The standard InChI is InChI=1S/C21H33N3O5/c1-6-7-13-22-18(26)17(15-11-9-8-10-12-15)24(5)19(27)16(14-25)23-20(28)29-21(2,3)4/h8-12,16-17,25H,6-7,13-14H2,1-5H3,(H,22,26)(H,23,28). The van der Waals surface area contributed by atoms with Crippen LogP contribution in [0.25, 0.3) is 0 Å². The van der Waals surface area contributed by atoms with Crippen LogP contribution in [-0.4, -0.2) is 59.8 Å². The maximum Gasteiger partial charge on any atom is 0.408 e. The predicted molar refractivity (Wildman–Crippen MR) is 110 cm³/mol. The predicted octanol–water partition coefficient (Wildman–Crippen LogP) is 1.99. The van der Waals surface area contributed by atoms with E-state index in [1.54, 1.807) is 45.0 Å². The fraction of sp³-hybridized carbons (Fsp3) is 0.571. The smallest absolute Gasteiger partial charge is 0.408 e. The van der Waals surface area contributed by atoms with Crippen molar-refractivity contribution in [3.63, 3.8) is 0 Å². The largest absolute Gasteiger partial charge is 0.444 e. The summed E-state index contributed by atoms with van der Waals surface area (Å²) in [6.45, 7) is 6.98. The number of hydrogen-bond donors (Lipinski definition) is 3. The molecule has 2 atom stereocenters. The Hall–Kier alpha value is -2.61. The minimum absolute atomic E-state index is 0.325. The first-order valence-corrected chi connectivity index (χ1v) is 9.80. The summed E-state index contributed by atoms with van der Waals surface area (Å²) in [6.07, 6.45) is 0.934. The van der Waals surface area contributed by atoms with E-state index >= 15 is 0 Å². The molecule has 0 radical (unpaired) electrons. The maximum atomic E-state index is 12.9. The molecule has 2 unspecified atom stereocenters. The molecule has 3 amide bonds. The van der Waals surface area contributed by atoms with Crippen LogP contribution in [0.3, 0.4) is 0 Å². The van der Waals surface area contributed by atoms with Crippen LogP contribution in [0, 0.1) is 0 Å². The molecule has 0 aromatic heterocycles. The van der Waals surface area contributed by atoms with Gasteiger partial charge in [0, 0.05) is 13.6 Å². The van der Waals surface area contributed by atoms with Gasteiger partial charge in [-0.15, -0.1) is 0 Å². The summed E-state index contributed by atoms with van der Waals surface area (Å²) in [7, 11) is 1.47. The fourth-order valence-electron chi connectivity index (χ4n) is 2.68. The van der Waals surface area contributed by atoms with E-state index in [9.17, 15) is 19.5 Å². The van der Waals surface area contributed by atoms with E-state index in [2.05, 4.69) is 10.6 Å². The Morgan fingerprint density at radius 1 is 1.17 bits per heavy atom. The van der Waals surface area contributed by atoms with Crippen LogP contribution in [0.2, 0.25) is 0 Å². The van der Waals surface area contributed by atoms with Crippen molar-refractivity contribution in [3.05, 3.63) is 35.9 Å². The van der Waals surface area contributed by atoms with Crippen molar-refractivity contribution in [1.29, 1.82) is 0 Å². The zero-order chi connectivity index (χ0) is 22.0. The van der Waals surface area contributed by atoms with Gasteiger partial charge in [-0.25, -0.2) is 4.79 Å². The van der Waals surface area contributed by atoms with Crippen molar-refractivity contribution in [2.45, 2.75) is 58.2 Å². The number of benzene rings is 1. The lowest BCUT2D eigenvalue weighted by molar-refractivity contribution is -0.141. The Balaban J connectivity index is 3.00. The number of alkyl carbamates (subject to hydrolysis) is 1. The Morgan fingerprint density at radius 3 is 2.31 bits per heavy atom. The van der Waals surface area contributed by atoms with Crippen molar-refractivity contribution >= 4 is 17.9 Å². The van der Waals surface area contributed by atoms with Gasteiger partial charge < -0.3 is 25.4 Å². The summed E-state index contributed by atoms with van der Waals surface area (Å²) < 4.78 is 5.15. The lowest BCUT2D eigenvalue weighted by atomic mass is 10.0. The Bertz CT molecular complexity index is 673. The molecule has 1 rings (SSSR count). The van der Waals surface area contributed by atoms with Gasteiger partial charge in [0.05, 0.1) is 6.61 Å². The third-order valence-electron chi connectivity index (χ3n) is 4.10. The molecular weight excluding hydrogens is 374 g/mol. The number of nitrogens with zero attached hydrogens (tertiary/aromatic N) is 1. The number of unbranched alkanes of at least 4 members (excludes halogenated alkanes) is 1. The van der Waals surface area contributed by atoms with Crippen molar-refractivity contribution in [1.82, 2.24) is 15.5 Å². The summed E-state index contributed by atoms with van der Waals surface area (Å²) in [5.41, 5.74) is -0.114. The van der Waals surface area contributed by atoms with Gasteiger partial charge in [0.15, 0.2) is 0 Å². The van der Waals surface area contributed by atoms with E-state index < -0.39 is 36.3 Å². The van der Waals surface area contributed by atoms with E-state index in [0.717, 1.165) is 12.8 Å². The second-order valence-corrected chi connectivity index (χ2v) is 7.79. The van der Waals surface area contributed by atoms with Gasteiger partial charge in [0.1, 0.15) is 17.7 Å². The van der Waals surface area contributed by atoms with E-state index in [4.69, 9.17) is 4.74 Å². The maximum absolute atomic E-state index is 12.9. The molecule has 29 heavy (non-hydrogen) atoms. The molecule has 8 nitrogen and oxygen atoms in total. The minimum atomic E-state index is -1.23. The SMILES string of the molecule is CCCCNC(=O)C(c1ccccc1)N(C)C(=O)C(CO)NC(=O)OC(C)(C)C. The topological polar surface area (TPSA) is 108 Å². The van der Waals surface area contributed by atoms with Gasteiger partial charge in [-0.1, -0.05) is 43.7 Å².